The van der Waals surface area contributed by atoms with Gasteiger partial charge in [-0.15, -0.1) is 0 Å². The topological polar surface area (TPSA) is 41.0 Å². The van der Waals surface area contributed by atoms with Crippen LogP contribution in [0, 0.1) is 6.92 Å². The van der Waals surface area contributed by atoms with E-state index in [9.17, 15) is 0 Å². The van der Waals surface area contributed by atoms with E-state index in [0.29, 0.717) is 0 Å². The lowest BCUT2D eigenvalue weighted by atomic mass is 10.1. The zero-order chi connectivity index (χ0) is 15.9. The fraction of sp³-hybridized carbons (Fsp3) is 0.444. The van der Waals surface area contributed by atoms with Crippen molar-refractivity contribution in [2.45, 2.75) is 40.0 Å². The van der Waals surface area contributed by atoms with Gasteiger partial charge in [0.1, 0.15) is 17.5 Å². The third-order valence-electron chi connectivity index (χ3n) is 3.72. The highest BCUT2D eigenvalue weighted by Crippen LogP contribution is 2.22. The smallest absolute Gasteiger partial charge is 0.136 e. The van der Waals surface area contributed by atoms with Gasteiger partial charge in [0, 0.05) is 25.3 Å². The molecule has 1 N–H and O–H groups in total. The Morgan fingerprint density at radius 3 is 2.64 bits per heavy atom. The molecule has 4 nitrogen and oxygen atoms in total. The lowest BCUT2D eigenvalue weighted by Crippen LogP contribution is -2.20. The zero-order valence-corrected chi connectivity index (χ0v) is 14.1. The van der Waals surface area contributed by atoms with Gasteiger partial charge in [-0.25, -0.2) is 9.97 Å². The SMILES string of the molecule is CCCCN(C)c1cc(Nc2ccccc2CC)nc(C)n1. The Morgan fingerprint density at radius 1 is 1.14 bits per heavy atom. The summed E-state index contributed by atoms with van der Waals surface area (Å²) >= 11 is 0. The van der Waals surface area contributed by atoms with Crippen LogP contribution in [0.5, 0.6) is 0 Å². The van der Waals surface area contributed by atoms with Gasteiger partial charge in [0.15, 0.2) is 0 Å². The van der Waals surface area contributed by atoms with Crippen LogP contribution in [-0.2, 0) is 6.42 Å². The lowest BCUT2D eigenvalue weighted by molar-refractivity contribution is 0.756. The lowest BCUT2D eigenvalue weighted by Gasteiger charge is -2.19. The van der Waals surface area contributed by atoms with Crippen molar-refractivity contribution in [2.24, 2.45) is 0 Å². The molecule has 0 spiro atoms. The molecule has 0 saturated carbocycles. The van der Waals surface area contributed by atoms with Gasteiger partial charge in [-0.05, 0) is 31.4 Å². The molecule has 118 valence electrons. The van der Waals surface area contributed by atoms with Crippen LogP contribution >= 0.6 is 0 Å². The molecule has 0 unspecified atom stereocenters. The van der Waals surface area contributed by atoms with Gasteiger partial charge in [-0.1, -0.05) is 38.5 Å². The van der Waals surface area contributed by atoms with E-state index in [0.717, 1.165) is 36.1 Å². The van der Waals surface area contributed by atoms with Gasteiger partial charge in [0.2, 0.25) is 0 Å². The van der Waals surface area contributed by atoms with Crippen molar-refractivity contribution in [1.29, 1.82) is 0 Å². The molecule has 1 heterocycles. The highest BCUT2D eigenvalue weighted by Gasteiger charge is 2.08. The fourth-order valence-electron chi connectivity index (χ4n) is 2.41. The number of unbranched alkanes of at least 4 members (excludes halogenated alkanes) is 1. The molecule has 2 rings (SSSR count). The Kier molecular flexibility index (Phi) is 5.75. The molecule has 0 radical (unpaired) electrons. The number of rotatable bonds is 7. The summed E-state index contributed by atoms with van der Waals surface area (Å²) in [5, 5.41) is 3.44. The molecule has 0 aliphatic heterocycles. The van der Waals surface area contributed by atoms with Crippen LogP contribution in [0.25, 0.3) is 0 Å². The van der Waals surface area contributed by atoms with Crippen molar-refractivity contribution in [3.63, 3.8) is 0 Å². The Morgan fingerprint density at radius 2 is 1.91 bits per heavy atom. The number of hydrogen-bond donors (Lipinski definition) is 1. The Labute approximate surface area is 133 Å². The van der Waals surface area contributed by atoms with Gasteiger partial charge < -0.3 is 10.2 Å². The van der Waals surface area contributed by atoms with Crippen molar-refractivity contribution >= 4 is 17.3 Å². The molecule has 0 aliphatic rings. The van der Waals surface area contributed by atoms with E-state index < -0.39 is 0 Å². The molecule has 0 amide bonds. The van der Waals surface area contributed by atoms with Gasteiger partial charge in [0.05, 0.1) is 0 Å². The number of aromatic nitrogens is 2. The van der Waals surface area contributed by atoms with Crippen LogP contribution in [0.2, 0.25) is 0 Å². The highest BCUT2D eigenvalue weighted by atomic mass is 15.2. The molecule has 1 aromatic carbocycles. The third-order valence-corrected chi connectivity index (χ3v) is 3.72. The maximum absolute atomic E-state index is 4.55. The quantitative estimate of drug-likeness (QED) is 0.826. The minimum atomic E-state index is 0.789. The summed E-state index contributed by atoms with van der Waals surface area (Å²) in [4.78, 5) is 11.3. The van der Waals surface area contributed by atoms with Crippen LogP contribution in [0.15, 0.2) is 30.3 Å². The summed E-state index contributed by atoms with van der Waals surface area (Å²) in [6, 6.07) is 10.4. The molecule has 0 atom stereocenters. The first-order valence-corrected chi connectivity index (χ1v) is 8.05. The van der Waals surface area contributed by atoms with E-state index in [1.165, 1.54) is 18.4 Å². The summed E-state index contributed by atoms with van der Waals surface area (Å²) < 4.78 is 0. The second kappa shape index (κ2) is 7.78. The molecule has 4 heteroatoms. The number of hydrogen-bond acceptors (Lipinski definition) is 4. The average Bonchev–Trinajstić information content (AvgIpc) is 2.52. The van der Waals surface area contributed by atoms with E-state index >= 15 is 0 Å². The highest BCUT2D eigenvalue weighted by molar-refractivity contribution is 5.62. The van der Waals surface area contributed by atoms with Crippen molar-refractivity contribution in [3.05, 3.63) is 41.7 Å². The van der Waals surface area contributed by atoms with Crippen LogP contribution in [0.3, 0.4) is 0 Å². The number of anilines is 3. The van der Waals surface area contributed by atoms with Gasteiger partial charge in [-0.3, -0.25) is 0 Å². The first-order valence-electron chi connectivity index (χ1n) is 8.05. The molecule has 0 fully saturated rings. The minimum Gasteiger partial charge on any atom is -0.360 e. The Balaban J connectivity index is 2.22. The second-order valence-electron chi connectivity index (χ2n) is 5.57. The van der Waals surface area contributed by atoms with Crippen molar-refractivity contribution in [3.8, 4) is 0 Å². The van der Waals surface area contributed by atoms with Gasteiger partial charge >= 0.3 is 0 Å². The third kappa shape index (κ3) is 4.20. The van der Waals surface area contributed by atoms with Crippen LogP contribution in [-0.4, -0.2) is 23.6 Å². The summed E-state index contributed by atoms with van der Waals surface area (Å²) in [7, 11) is 2.08. The van der Waals surface area contributed by atoms with E-state index in [1.807, 2.05) is 19.1 Å². The van der Waals surface area contributed by atoms with E-state index in [4.69, 9.17) is 0 Å². The van der Waals surface area contributed by atoms with E-state index in [2.05, 4.69) is 59.3 Å². The van der Waals surface area contributed by atoms with Gasteiger partial charge in [0.25, 0.3) is 0 Å². The van der Waals surface area contributed by atoms with Crippen molar-refractivity contribution in [1.82, 2.24) is 9.97 Å². The van der Waals surface area contributed by atoms with Crippen LogP contribution in [0.1, 0.15) is 38.1 Å². The molecule has 0 bridgehead atoms. The molecule has 0 aliphatic carbocycles. The van der Waals surface area contributed by atoms with Crippen LogP contribution < -0.4 is 10.2 Å². The largest absolute Gasteiger partial charge is 0.360 e. The summed E-state index contributed by atoms with van der Waals surface area (Å²) in [5.74, 6) is 2.61. The van der Waals surface area contributed by atoms with E-state index in [-0.39, 0.29) is 0 Å². The maximum atomic E-state index is 4.55. The molecular weight excluding hydrogens is 272 g/mol. The van der Waals surface area contributed by atoms with E-state index in [1.54, 1.807) is 0 Å². The summed E-state index contributed by atoms with van der Waals surface area (Å²) in [5.41, 5.74) is 2.41. The fourth-order valence-corrected chi connectivity index (χ4v) is 2.41. The summed E-state index contributed by atoms with van der Waals surface area (Å²) in [6.45, 7) is 7.31. The first kappa shape index (κ1) is 16.3. The predicted molar refractivity (Wildman–Crippen MR) is 94.0 cm³/mol. The maximum Gasteiger partial charge on any atom is 0.136 e. The number of aryl methyl sites for hydroxylation is 2. The Hall–Kier alpha value is -2.10. The average molecular weight is 298 g/mol. The number of benzene rings is 1. The minimum absolute atomic E-state index is 0.789. The normalized spacial score (nSPS) is 10.5. The molecule has 2 aromatic rings. The molecule has 0 saturated heterocycles. The first-order chi connectivity index (χ1) is 10.6. The van der Waals surface area contributed by atoms with Crippen molar-refractivity contribution in [2.75, 3.05) is 23.8 Å². The van der Waals surface area contributed by atoms with Gasteiger partial charge in [-0.2, -0.15) is 0 Å². The number of nitrogens with one attached hydrogen (secondary N) is 1. The second-order valence-corrected chi connectivity index (χ2v) is 5.57. The molecule has 22 heavy (non-hydrogen) atoms. The Bertz CT molecular complexity index is 610. The number of nitrogens with zero attached hydrogens (tertiary/aromatic N) is 3. The predicted octanol–water partition coefficient (Wildman–Crippen LogP) is 4.33. The zero-order valence-electron chi connectivity index (χ0n) is 14.1. The van der Waals surface area contributed by atoms with Crippen LogP contribution in [0.4, 0.5) is 17.3 Å². The summed E-state index contributed by atoms with van der Waals surface area (Å²) in [6.07, 6.45) is 3.35. The number of para-hydroxylation sites is 1. The molecule has 1 aromatic heterocycles. The standard InChI is InChI=1S/C18H26N4/c1-5-7-12-22(4)18-13-17(19-14(3)20-18)21-16-11-9-8-10-15(16)6-2/h8-11,13H,5-7,12H2,1-4H3,(H,19,20,21). The monoisotopic (exact) mass is 298 g/mol. The molecular formula is C18H26N4. The van der Waals surface area contributed by atoms with Crippen molar-refractivity contribution < 1.29 is 0 Å².